The summed E-state index contributed by atoms with van der Waals surface area (Å²) in [6.45, 7) is 0. The van der Waals surface area contributed by atoms with Crippen molar-refractivity contribution in [3.8, 4) is 0 Å². The number of rotatable bonds is 1. The van der Waals surface area contributed by atoms with Crippen molar-refractivity contribution in [1.29, 1.82) is 0 Å². The lowest BCUT2D eigenvalue weighted by atomic mass is 10.3. The number of nitrogens with zero attached hydrogens (tertiary/aromatic N) is 2. The number of oxime groups is 1. The molecule has 2 aromatic rings. The van der Waals surface area contributed by atoms with E-state index in [4.69, 9.17) is 16.8 Å². The van der Waals surface area contributed by atoms with Crippen LogP contribution in [0.4, 0.5) is 0 Å². The summed E-state index contributed by atoms with van der Waals surface area (Å²) in [6.07, 6.45) is 0. The summed E-state index contributed by atoms with van der Waals surface area (Å²) in [5.74, 6) is 0. The number of para-hydroxylation sites is 1. The maximum atomic E-state index is 8.44. The van der Waals surface area contributed by atoms with Crippen molar-refractivity contribution in [2.45, 2.75) is 0 Å². The van der Waals surface area contributed by atoms with E-state index in [1.807, 2.05) is 24.3 Å². The van der Waals surface area contributed by atoms with Crippen LogP contribution in [-0.2, 0) is 0 Å². The van der Waals surface area contributed by atoms with E-state index < -0.39 is 0 Å². The second-order valence-corrected chi connectivity index (χ2v) is 3.77. The summed E-state index contributed by atoms with van der Waals surface area (Å²) in [4.78, 5) is 4.18. The molecule has 0 radical (unpaired) electrons. The largest absolute Gasteiger partial charge is 0.410 e. The highest BCUT2D eigenvalue weighted by Gasteiger charge is 2.07. The summed E-state index contributed by atoms with van der Waals surface area (Å²) in [6, 6.07) is 7.65. The van der Waals surface area contributed by atoms with E-state index in [-0.39, 0.29) is 5.17 Å². The first-order valence-electron chi connectivity index (χ1n) is 3.55. The molecule has 0 fully saturated rings. The lowest BCUT2D eigenvalue weighted by Crippen LogP contribution is -1.87. The topological polar surface area (TPSA) is 45.5 Å². The molecule has 1 aromatic carbocycles. The van der Waals surface area contributed by atoms with Crippen molar-refractivity contribution in [2.75, 3.05) is 0 Å². The zero-order valence-corrected chi connectivity index (χ0v) is 8.01. The van der Waals surface area contributed by atoms with Gasteiger partial charge in [0.15, 0.2) is 5.01 Å². The first-order chi connectivity index (χ1) is 6.31. The molecule has 1 N–H and O–H groups in total. The highest BCUT2D eigenvalue weighted by molar-refractivity contribution is 7.21. The SMILES string of the molecule is O/N=C(\Cl)c1nc2ccccc2s1. The van der Waals surface area contributed by atoms with E-state index in [0.29, 0.717) is 5.01 Å². The Hall–Kier alpha value is -1.13. The highest BCUT2D eigenvalue weighted by Crippen LogP contribution is 2.22. The second-order valence-electron chi connectivity index (χ2n) is 2.38. The molecule has 1 aromatic heterocycles. The van der Waals surface area contributed by atoms with Gasteiger partial charge in [-0.3, -0.25) is 0 Å². The minimum Gasteiger partial charge on any atom is -0.410 e. The van der Waals surface area contributed by atoms with Crippen molar-refractivity contribution in [3.05, 3.63) is 29.3 Å². The van der Waals surface area contributed by atoms with Crippen LogP contribution in [0.15, 0.2) is 29.4 Å². The molecule has 0 aliphatic heterocycles. The van der Waals surface area contributed by atoms with Gasteiger partial charge in [0.1, 0.15) is 0 Å². The molecule has 0 spiro atoms. The summed E-state index contributed by atoms with van der Waals surface area (Å²) >= 11 is 7.01. The van der Waals surface area contributed by atoms with Gasteiger partial charge in [0, 0.05) is 0 Å². The summed E-state index contributed by atoms with van der Waals surface area (Å²) in [5.41, 5.74) is 0.865. The minimum atomic E-state index is 0.0289. The Morgan fingerprint density at radius 2 is 2.23 bits per heavy atom. The predicted octanol–water partition coefficient (Wildman–Crippen LogP) is 2.67. The van der Waals surface area contributed by atoms with Gasteiger partial charge in [-0.05, 0) is 12.1 Å². The molecule has 0 aliphatic carbocycles. The Kier molecular flexibility index (Phi) is 2.16. The zero-order chi connectivity index (χ0) is 9.26. The molecule has 13 heavy (non-hydrogen) atoms. The Labute approximate surface area is 83.3 Å². The van der Waals surface area contributed by atoms with Crippen LogP contribution < -0.4 is 0 Å². The van der Waals surface area contributed by atoms with Gasteiger partial charge in [0.2, 0.25) is 5.17 Å². The number of hydrogen-bond donors (Lipinski definition) is 1. The summed E-state index contributed by atoms with van der Waals surface area (Å²) < 4.78 is 1.03. The van der Waals surface area contributed by atoms with Crippen molar-refractivity contribution >= 4 is 38.3 Å². The molecule has 5 heteroatoms. The second kappa shape index (κ2) is 3.32. The van der Waals surface area contributed by atoms with E-state index >= 15 is 0 Å². The molecule has 3 nitrogen and oxygen atoms in total. The Morgan fingerprint density at radius 3 is 2.92 bits per heavy atom. The first kappa shape index (κ1) is 8.47. The fourth-order valence-electron chi connectivity index (χ4n) is 1.00. The van der Waals surface area contributed by atoms with Crippen molar-refractivity contribution in [3.63, 3.8) is 0 Å². The average Bonchev–Trinajstić information content (AvgIpc) is 2.59. The number of thiazole rings is 1. The third-order valence-electron chi connectivity index (χ3n) is 1.56. The third-order valence-corrected chi connectivity index (χ3v) is 2.97. The van der Waals surface area contributed by atoms with Crippen LogP contribution in [0.1, 0.15) is 5.01 Å². The molecule has 0 saturated heterocycles. The minimum absolute atomic E-state index is 0.0289. The lowest BCUT2D eigenvalue weighted by molar-refractivity contribution is 0.321. The van der Waals surface area contributed by atoms with Gasteiger partial charge >= 0.3 is 0 Å². The van der Waals surface area contributed by atoms with Crippen LogP contribution in [0.5, 0.6) is 0 Å². The third kappa shape index (κ3) is 1.50. The monoisotopic (exact) mass is 212 g/mol. The summed E-state index contributed by atoms with van der Waals surface area (Å²) in [5, 5.41) is 11.9. The molecule has 66 valence electrons. The Balaban J connectivity index is 2.62. The van der Waals surface area contributed by atoms with Crippen LogP contribution >= 0.6 is 22.9 Å². The van der Waals surface area contributed by atoms with Crippen LogP contribution in [0.2, 0.25) is 0 Å². The van der Waals surface area contributed by atoms with E-state index in [2.05, 4.69) is 10.1 Å². The number of aromatic nitrogens is 1. The number of fused-ring (bicyclic) bond motifs is 1. The predicted molar refractivity (Wildman–Crippen MR) is 53.8 cm³/mol. The van der Waals surface area contributed by atoms with Gasteiger partial charge in [0.05, 0.1) is 10.2 Å². The maximum Gasteiger partial charge on any atom is 0.204 e. The number of halogens is 1. The molecule has 2 rings (SSSR count). The smallest absolute Gasteiger partial charge is 0.204 e. The van der Waals surface area contributed by atoms with Crippen molar-refractivity contribution < 1.29 is 5.21 Å². The zero-order valence-electron chi connectivity index (χ0n) is 6.44. The van der Waals surface area contributed by atoms with Gasteiger partial charge in [-0.2, -0.15) is 0 Å². The lowest BCUT2D eigenvalue weighted by Gasteiger charge is -1.83. The highest BCUT2D eigenvalue weighted by atomic mass is 35.5. The Bertz CT molecular complexity index is 433. The molecule has 0 saturated carbocycles. The van der Waals surface area contributed by atoms with Gasteiger partial charge in [-0.25, -0.2) is 4.98 Å². The van der Waals surface area contributed by atoms with Gasteiger partial charge in [-0.1, -0.05) is 28.9 Å². The Morgan fingerprint density at radius 1 is 1.46 bits per heavy atom. The summed E-state index contributed by atoms with van der Waals surface area (Å²) in [7, 11) is 0. The van der Waals surface area contributed by atoms with E-state index in [9.17, 15) is 0 Å². The molecule has 0 aliphatic rings. The molecule has 0 unspecified atom stereocenters. The normalized spacial score (nSPS) is 12.2. The van der Waals surface area contributed by atoms with Crippen LogP contribution in [0, 0.1) is 0 Å². The fraction of sp³-hybridized carbons (Fsp3) is 0. The molecule has 1 heterocycles. The molecular formula is C8H5ClN2OS. The van der Waals surface area contributed by atoms with Crippen LogP contribution in [-0.4, -0.2) is 15.4 Å². The van der Waals surface area contributed by atoms with Crippen LogP contribution in [0.3, 0.4) is 0 Å². The molecule has 0 bridgehead atoms. The van der Waals surface area contributed by atoms with Gasteiger partial charge in [-0.15, -0.1) is 11.3 Å². The van der Waals surface area contributed by atoms with Crippen LogP contribution in [0.25, 0.3) is 10.2 Å². The quantitative estimate of drug-likeness (QED) is 0.449. The molecule has 0 atom stereocenters. The number of hydrogen-bond acceptors (Lipinski definition) is 4. The van der Waals surface area contributed by atoms with Gasteiger partial charge in [0.25, 0.3) is 0 Å². The average molecular weight is 213 g/mol. The van der Waals surface area contributed by atoms with Gasteiger partial charge < -0.3 is 5.21 Å². The van der Waals surface area contributed by atoms with E-state index in [0.717, 1.165) is 10.2 Å². The molecular weight excluding hydrogens is 208 g/mol. The first-order valence-corrected chi connectivity index (χ1v) is 4.74. The van der Waals surface area contributed by atoms with Crippen molar-refractivity contribution in [2.24, 2.45) is 5.16 Å². The van der Waals surface area contributed by atoms with Crippen molar-refractivity contribution in [1.82, 2.24) is 4.98 Å². The van der Waals surface area contributed by atoms with E-state index in [1.54, 1.807) is 0 Å². The standard InChI is InChI=1S/C8H5ClN2OS/c9-7(11-12)8-10-5-3-1-2-4-6(5)13-8/h1-4,12H/b11-7-. The maximum absolute atomic E-state index is 8.44. The van der Waals surface area contributed by atoms with E-state index in [1.165, 1.54) is 11.3 Å². The fourth-order valence-corrected chi connectivity index (χ4v) is 2.00. The number of benzene rings is 1. The molecule has 0 amide bonds.